The van der Waals surface area contributed by atoms with Crippen LogP contribution in [-0.2, 0) is 45.1 Å². The second-order valence-corrected chi connectivity index (χ2v) is 12.4. The lowest BCUT2D eigenvalue weighted by Gasteiger charge is -2.24. The summed E-state index contributed by atoms with van der Waals surface area (Å²) in [6.45, 7) is 10.1. The third kappa shape index (κ3) is 8.71. The van der Waals surface area contributed by atoms with Crippen LogP contribution in [0.1, 0.15) is 63.8 Å². The molecule has 0 spiro atoms. The van der Waals surface area contributed by atoms with E-state index in [9.17, 15) is 14.7 Å². The van der Waals surface area contributed by atoms with Crippen molar-refractivity contribution in [3.63, 3.8) is 0 Å². The van der Waals surface area contributed by atoms with Gasteiger partial charge >= 0.3 is 0 Å². The van der Waals surface area contributed by atoms with E-state index in [-0.39, 0.29) is 29.9 Å². The number of aromatic nitrogens is 2. The normalized spacial score (nSPS) is 11.7. The number of phenolic OH excluding ortho intramolecular Hbond substituents is 1. The van der Waals surface area contributed by atoms with E-state index in [2.05, 4.69) is 66.0 Å². The molecule has 4 aromatic rings. The number of benzene rings is 2. The van der Waals surface area contributed by atoms with Gasteiger partial charge in [-0.2, -0.15) is 5.10 Å². The number of aromatic hydroxyl groups is 1. The summed E-state index contributed by atoms with van der Waals surface area (Å²) in [5, 5.41) is 24.0. The summed E-state index contributed by atoms with van der Waals surface area (Å²) in [6.07, 6.45) is 6.83. The molecule has 10 heteroatoms. The van der Waals surface area contributed by atoms with Gasteiger partial charge < -0.3 is 19.1 Å². The van der Waals surface area contributed by atoms with Gasteiger partial charge in [-0.15, -0.1) is 0 Å². The Hall–Kier alpha value is -4.83. The number of aryl methyl sites for hydroxylation is 1. The third-order valence-corrected chi connectivity index (χ3v) is 8.02. The second-order valence-electron chi connectivity index (χ2n) is 12.4. The lowest BCUT2D eigenvalue weighted by Crippen LogP contribution is -2.27. The number of phenols is 1. The van der Waals surface area contributed by atoms with Crippen molar-refractivity contribution >= 4 is 35.2 Å². The predicted octanol–water partition coefficient (Wildman–Crippen LogP) is 6.84. The molecule has 0 unspecified atom stereocenters. The number of rotatable bonds is 17. The van der Waals surface area contributed by atoms with Crippen molar-refractivity contribution in [2.75, 3.05) is 13.7 Å². The van der Waals surface area contributed by atoms with Crippen LogP contribution in [0.3, 0.4) is 0 Å². The first kappa shape index (κ1) is 35.0. The Bertz CT molecular complexity index is 1760. The number of hydrogen-bond acceptors (Lipinski definition) is 8. The van der Waals surface area contributed by atoms with Crippen LogP contribution in [0.2, 0.25) is 0 Å². The number of hydrogen-bond donors (Lipinski definition) is 3. The van der Waals surface area contributed by atoms with E-state index >= 15 is 0 Å². The summed E-state index contributed by atoms with van der Waals surface area (Å²) in [4.78, 5) is 28.2. The van der Waals surface area contributed by atoms with Crippen LogP contribution < -0.4 is 5.43 Å². The first-order valence-corrected chi connectivity index (χ1v) is 16.0. The van der Waals surface area contributed by atoms with Crippen LogP contribution in [-0.4, -0.2) is 52.7 Å². The molecule has 0 saturated carbocycles. The fraction of sp³-hybridized carbons (Fsp3) is 0.378. The highest BCUT2D eigenvalue weighted by Crippen LogP contribution is 2.41. The van der Waals surface area contributed by atoms with Crippen LogP contribution in [0.4, 0.5) is 0 Å². The van der Waals surface area contributed by atoms with Gasteiger partial charge in [0.05, 0.1) is 24.6 Å². The average Bonchev–Trinajstić information content (AvgIpc) is 3.35. The molecule has 0 aliphatic heterocycles. The lowest BCUT2D eigenvalue weighted by molar-refractivity contribution is -0.131. The number of fused-ring (bicyclic) bond motifs is 1. The Balaban J connectivity index is 1.79. The Morgan fingerprint density at radius 2 is 1.96 bits per heavy atom. The van der Waals surface area contributed by atoms with E-state index in [0.29, 0.717) is 31.6 Å². The van der Waals surface area contributed by atoms with E-state index in [1.165, 1.54) is 0 Å². The topological polar surface area (TPSA) is 139 Å². The van der Waals surface area contributed by atoms with Crippen molar-refractivity contribution in [1.29, 1.82) is 5.41 Å². The number of methoxy groups -OCH3 is 1. The number of nitrogens with zero attached hydrogens (tertiary/aromatic N) is 3. The number of carbonyl (C=O) groups excluding carboxylic acids is 2. The fourth-order valence-corrected chi connectivity index (χ4v) is 5.87. The molecular formula is C37H45N5O5. The molecule has 47 heavy (non-hydrogen) atoms. The van der Waals surface area contributed by atoms with Crippen molar-refractivity contribution in [3.05, 3.63) is 71.5 Å². The molecule has 2 aromatic heterocycles. The highest BCUT2D eigenvalue weighted by Gasteiger charge is 2.28. The van der Waals surface area contributed by atoms with E-state index in [1.54, 1.807) is 31.7 Å². The van der Waals surface area contributed by atoms with Gasteiger partial charge in [-0.05, 0) is 84.8 Å². The Morgan fingerprint density at radius 1 is 1.15 bits per heavy atom. The Kier molecular flexibility index (Phi) is 12.0. The summed E-state index contributed by atoms with van der Waals surface area (Å²) in [6, 6.07) is 15.3. The third-order valence-electron chi connectivity index (χ3n) is 8.02. The van der Waals surface area contributed by atoms with E-state index < -0.39 is 5.91 Å². The van der Waals surface area contributed by atoms with Gasteiger partial charge in [-0.25, -0.2) is 5.43 Å². The number of unbranched alkanes of at least 4 members (excludes halogenated alkanes) is 2. The SMILES string of the molecule is CCCC/C=N\NC(=O)C(=N)Cc1cc(O)cc(-c2ccc3c(c2)c(CC(C)(C)COC=O)c(-c2cccnc2COC)n3CC)c1. The van der Waals surface area contributed by atoms with Crippen LogP contribution in [0, 0.1) is 10.8 Å². The van der Waals surface area contributed by atoms with Gasteiger partial charge in [0.25, 0.3) is 12.4 Å². The molecule has 1 amide bonds. The average molecular weight is 640 g/mol. The summed E-state index contributed by atoms with van der Waals surface area (Å²) in [5.74, 6) is -0.534. The second kappa shape index (κ2) is 16.1. The van der Waals surface area contributed by atoms with E-state index in [1.807, 2.05) is 18.2 Å². The minimum absolute atomic E-state index is 0.0375. The number of ether oxygens (including phenoxy) is 2. The molecule has 3 N–H and O–H groups in total. The molecule has 2 heterocycles. The molecular weight excluding hydrogens is 594 g/mol. The van der Waals surface area contributed by atoms with Gasteiger partial charge in [0, 0.05) is 54.4 Å². The summed E-state index contributed by atoms with van der Waals surface area (Å²) < 4.78 is 13.0. The number of hydrazone groups is 1. The zero-order chi connectivity index (χ0) is 34.0. The molecule has 0 bridgehead atoms. The smallest absolute Gasteiger partial charge is 0.293 e. The number of pyridine rings is 1. The van der Waals surface area contributed by atoms with Crippen LogP contribution in [0.15, 0.2) is 59.8 Å². The zero-order valence-electron chi connectivity index (χ0n) is 27.9. The number of nitrogens with one attached hydrogen (secondary N) is 2. The maximum Gasteiger partial charge on any atom is 0.293 e. The number of amides is 1. The molecule has 248 valence electrons. The van der Waals surface area contributed by atoms with E-state index in [0.717, 1.165) is 63.8 Å². The predicted molar refractivity (Wildman–Crippen MR) is 186 cm³/mol. The molecule has 10 nitrogen and oxygen atoms in total. The fourth-order valence-electron chi connectivity index (χ4n) is 5.87. The van der Waals surface area contributed by atoms with Gasteiger partial charge in [0.1, 0.15) is 11.5 Å². The van der Waals surface area contributed by atoms with Gasteiger partial charge in [0.15, 0.2) is 0 Å². The summed E-state index contributed by atoms with van der Waals surface area (Å²) in [5.41, 5.74) is 9.12. The Labute approximate surface area is 276 Å². The molecule has 0 radical (unpaired) electrons. The van der Waals surface area contributed by atoms with Gasteiger partial charge in [0.2, 0.25) is 0 Å². The first-order chi connectivity index (χ1) is 22.6. The highest BCUT2D eigenvalue weighted by atomic mass is 16.5. The number of carbonyl (C=O) groups is 2. The minimum Gasteiger partial charge on any atom is -0.508 e. The summed E-state index contributed by atoms with van der Waals surface area (Å²) in [7, 11) is 1.65. The minimum atomic E-state index is -0.577. The maximum atomic E-state index is 12.5. The van der Waals surface area contributed by atoms with Crippen molar-refractivity contribution < 1.29 is 24.2 Å². The van der Waals surface area contributed by atoms with Crippen molar-refractivity contribution in [3.8, 4) is 28.1 Å². The molecule has 0 saturated heterocycles. The summed E-state index contributed by atoms with van der Waals surface area (Å²) >= 11 is 0. The van der Waals surface area contributed by atoms with Crippen LogP contribution in [0.5, 0.6) is 5.75 Å². The van der Waals surface area contributed by atoms with Gasteiger partial charge in [-0.3, -0.25) is 20.0 Å². The van der Waals surface area contributed by atoms with Crippen molar-refractivity contribution in [2.45, 2.75) is 73.0 Å². The zero-order valence-corrected chi connectivity index (χ0v) is 27.9. The highest BCUT2D eigenvalue weighted by molar-refractivity contribution is 6.38. The van der Waals surface area contributed by atoms with Gasteiger partial charge in [-0.1, -0.05) is 39.3 Å². The molecule has 0 aliphatic carbocycles. The Morgan fingerprint density at radius 3 is 2.68 bits per heavy atom. The van der Waals surface area contributed by atoms with Crippen LogP contribution >= 0.6 is 0 Å². The molecule has 4 rings (SSSR count). The largest absolute Gasteiger partial charge is 0.508 e. The maximum absolute atomic E-state index is 12.5. The standard InChI is InChI=1S/C37H45N5O5/c1-6-8-9-15-40-41-36(45)32(38)18-25-16-27(19-28(44)17-25)26-12-13-34-30(20-26)31(21-37(3,4)23-47-24-43)35(42(34)7-2)29-11-10-14-39-33(29)22-46-5/h10-17,19-20,24,38,44H,6-9,18,21-23H2,1-5H3,(H,41,45)/b38-32?,40-15-. The molecule has 2 aromatic carbocycles. The first-order valence-electron chi connectivity index (χ1n) is 16.0. The monoisotopic (exact) mass is 639 g/mol. The van der Waals surface area contributed by atoms with Crippen molar-refractivity contribution in [1.82, 2.24) is 15.0 Å². The molecule has 0 fully saturated rings. The quantitative estimate of drug-likeness (QED) is 0.0501. The molecule has 0 atom stereocenters. The van der Waals surface area contributed by atoms with Crippen LogP contribution in [0.25, 0.3) is 33.3 Å². The van der Waals surface area contributed by atoms with E-state index in [4.69, 9.17) is 14.9 Å². The molecule has 0 aliphatic rings. The van der Waals surface area contributed by atoms with Crippen molar-refractivity contribution in [2.24, 2.45) is 10.5 Å². The lowest BCUT2D eigenvalue weighted by atomic mass is 9.84.